The highest BCUT2D eigenvalue weighted by Crippen LogP contribution is 2.30. The summed E-state index contributed by atoms with van der Waals surface area (Å²) >= 11 is 0. The van der Waals surface area contributed by atoms with Gasteiger partial charge in [0, 0.05) is 22.9 Å². The Bertz CT molecular complexity index is 849. The largest absolute Gasteiger partial charge is 0.469 e. The van der Waals surface area contributed by atoms with E-state index in [4.69, 9.17) is 4.42 Å². The topological polar surface area (TPSA) is 58.0 Å². The Kier molecular flexibility index (Phi) is 2.99. The van der Waals surface area contributed by atoms with E-state index in [0.717, 1.165) is 36.1 Å². The van der Waals surface area contributed by atoms with E-state index in [9.17, 15) is 9.18 Å². The smallest absolute Gasteiger partial charge is 0.268 e. The molecule has 2 heterocycles. The first-order valence-electron chi connectivity index (χ1n) is 7.36. The minimum absolute atomic E-state index is 0.0295. The Labute approximate surface area is 126 Å². The van der Waals surface area contributed by atoms with Gasteiger partial charge in [-0.3, -0.25) is 4.79 Å². The molecule has 0 aliphatic heterocycles. The van der Waals surface area contributed by atoms with E-state index in [0.29, 0.717) is 11.1 Å². The van der Waals surface area contributed by atoms with Crippen LogP contribution in [-0.4, -0.2) is 10.9 Å². The highest BCUT2D eigenvalue weighted by molar-refractivity contribution is 5.98. The molecule has 112 valence electrons. The van der Waals surface area contributed by atoms with Gasteiger partial charge in [0.15, 0.2) is 0 Å². The van der Waals surface area contributed by atoms with E-state index in [1.807, 2.05) is 6.07 Å². The van der Waals surface area contributed by atoms with E-state index in [1.165, 1.54) is 12.1 Å². The number of nitrogens with one attached hydrogen (secondary N) is 2. The number of hydrogen-bond donors (Lipinski definition) is 2. The molecule has 1 amide bonds. The SMILES string of the molecule is O=C(NC1CCCc2occc21)c1cc2cc(F)ccc2[nH]1. The van der Waals surface area contributed by atoms with Gasteiger partial charge in [-0.05, 0) is 43.2 Å². The van der Waals surface area contributed by atoms with Crippen LogP contribution in [0.2, 0.25) is 0 Å². The van der Waals surface area contributed by atoms with Crippen LogP contribution in [0.1, 0.15) is 40.7 Å². The Morgan fingerprint density at radius 2 is 2.23 bits per heavy atom. The predicted molar refractivity (Wildman–Crippen MR) is 80.1 cm³/mol. The zero-order valence-electron chi connectivity index (χ0n) is 11.9. The number of hydrogen-bond acceptors (Lipinski definition) is 2. The van der Waals surface area contributed by atoms with Crippen LogP contribution in [0.3, 0.4) is 0 Å². The lowest BCUT2D eigenvalue weighted by molar-refractivity contribution is 0.0928. The number of carbonyl (C=O) groups is 1. The summed E-state index contributed by atoms with van der Waals surface area (Å²) in [7, 11) is 0. The van der Waals surface area contributed by atoms with E-state index in [-0.39, 0.29) is 17.8 Å². The second kappa shape index (κ2) is 5.02. The van der Waals surface area contributed by atoms with Crippen LogP contribution >= 0.6 is 0 Å². The van der Waals surface area contributed by atoms with Crippen LogP contribution in [0, 0.1) is 5.82 Å². The molecule has 0 saturated carbocycles. The van der Waals surface area contributed by atoms with Crippen molar-refractivity contribution >= 4 is 16.8 Å². The summed E-state index contributed by atoms with van der Waals surface area (Å²) in [5, 5.41) is 3.72. The number of amides is 1. The summed E-state index contributed by atoms with van der Waals surface area (Å²) < 4.78 is 18.7. The number of benzene rings is 1. The van der Waals surface area contributed by atoms with Gasteiger partial charge >= 0.3 is 0 Å². The second-order valence-electron chi connectivity index (χ2n) is 5.63. The molecule has 0 spiro atoms. The molecule has 2 N–H and O–H groups in total. The Morgan fingerprint density at radius 3 is 3.14 bits per heavy atom. The van der Waals surface area contributed by atoms with Gasteiger partial charge in [-0.15, -0.1) is 0 Å². The number of aromatic amines is 1. The Morgan fingerprint density at radius 1 is 1.32 bits per heavy atom. The van der Waals surface area contributed by atoms with Crippen molar-refractivity contribution < 1.29 is 13.6 Å². The fourth-order valence-corrected chi connectivity index (χ4v) is 3.10. The number of aryl methyl sites for hydroxylation is 1. The van der Waals surface area contributed by atoms with Crippen molar-refractivity contribution in [3.63, 3.8) is 0 Å². The fourth-order valence-electron chi connectivity index (χ4n) is 3.10. The van der Waals surface area contributed by atoms with Gasteiger partial charge in [0.05, 0.1) is 12.3 Å². The molecule has 4 nitrogen and oxygen atoms in total. The molecule has 3 aromatic rings. The first kappa shape index (κ1) is 13.1. The van der Waals surface area contributed by atoms with Crippen LogP contribution in [0.4, 0.5) is 4.39 Å². The third kappa shape index (κ3) is 2.19. The quantitative estimate of drug-likeness (QED) is 0.757. The highest BCUT2D eigenvalue weighted by atomic mass is 19.1. The second-order valence-corrected chi connectivity index (χ2v) is 5.63. The van der Waals surface area contributed by atoms with Gasteiger partial charge in [0.25, 0.3) is 5.91 Å². The van der Waals surface area contributed by atoms with Gasteiger partial charge in [0.2, 0.25) is 0 Å². The van der Waals surface area contributed by atoms with Crippen molar-refractivity contribution in [1.29, 1.82) is 0 Å². The Balaban J connectivity index is 1.59. The van der Waals surface area contributed by atoms with Gasteiger partial charge in [-0.25, -0.2) is 4.39 Å². The molecule has 0 saturated heterocycles. The van der Waals surface area contributed by atoms with Crippen LogP contribution < -0.4 is 5.32 Å². The van der Waals surface area contributed by atoms with Gasteiger partial charge in [-0.1, -0.05) is 0 Å². The maximum atomic E-state index is 13.2. The number of furan rings is 1. The molecule has 1 aliphatic carbocycles. The van der Waals surface area contributed by atoms with Crippen LogP contribution in [-0.2, 0) is 6.42 Å². The average Bonchev–Trinajstić information content (AvgIpc) is 3.13. The van der Waals surface area contributed by atoms with Crippen LogP contribution in [0.15, 0.2) is 41.0 Å². The highest BCUT2D eigenvalue weighted by Gasteiger charge is 2.24. The third-order valence-corrected chi connectivity index (χ3v) is 4.18. The molecule has 1 unspecified atom stereocenters. The maximum absolute atomic E-state index is 13.2. The molecule has 0 radical (unpaired) electrons. The van der Waals surface area contributed by atoms with Crippen molar-refractivity contribution in [3.05, 3.63) is 59.4 Å². The number of fused-ring (bicyclic) bond motifs is 2. The molecule has 22 heavy (non-hydrogen) atoms. The van der Waals surface area contributed by atoms with Gasteiger partial charge in [0.1, 0.15) is 17.3 Å². The zero-order chi connectivity index (χ0) is 15.1. The third-order valence-electron chi connectivity index (χ3n) is 4.18. The monoisotopic (exact) mass is 298 g/mol. The van der Waals surface area contributed by atoms with Crippen molar-refractivity contribution in [2.45, 2.75) is 25.3 Å². The lowest BCUT2D eigenvalue weighted by atomic mass is 9.93. The lowest BCUT2D eigenvalue weighted by Crippen LogP contribution is -2.30. The molecule has 1 aliphatic rings. The first-order valence-corrected chi connectivity index (χ1v) is 7.36. The van der Waals surface area contributed by atoms with E-state index in [1.54, 1.807) is 18.4 Å². The van der Waals surface area contributed by atoms with Crippen LogP contribution in [0.25, 0.3) is 10.9 Å². The van der Waals surface area contributed by atoms with E-state index < -0.39 is 0 Å². The maximum Gasteiger partial charge on any atom is 0.268 e. The standard InChI is InChI=1S/C17H15FN2O2/c18-11-4-5-13-10(8-11)9-15(19-13)17(21)20-14-2-1-3-16-12(14)6-7-22-16/h4-9,14,19H,1-3H2,(H,20,21). The first-order chi connectivity index (χ1) is 10.7. The summed E-state index contributed by atoms with van der Waals surface area (Å²) in [6.45, 7) is 0. The number of H-pyrrole nitrogens is 1. The fraction of sp³-hybridized carbons (Fsp3) is 0.235. The summed E-state index contributed by atoms with van der Waals surface area (Å²) in [5.41, 5.74) is 2.25. The summed E-state index contributed by atoms with van der Waals surface area (Å²) in [6.07, 6.45) is 4.47. The summed E-state index contributed by atoms with van der Waals surface area (Å²) in [4.78, 5) is 15.5. The molecule has 4 rings (SSSR count). The molecule has 0 fully saturated rings. The average molecular weight is 298 g/mol. The molecular formula is C17H15FN2O2. The molecule has 0 bridgehead atoms. The summed E-state index contributed by atoms with van der Waals surface area (Å²) in [5.74, 6) is 0.458. The molecule has 1 aromatic carbocycles. The van der Waals surface area contributed by atoms with Gasteiger partial charge in [-0.2, -0.15) is 0 Å². The number of carbonyl (C=O) groups excluding carboxylic acids is 1. The zero-order valence-corrected chi connectivity index (χ0v) is 11.9. The van der Waals surface area contributed by atoms with Crippen molar-refractivity contribution in [3.8, 4) is 0 Å². The normalized spacial score (nSPS) is 17.4. The molecule has 5 heteroatoms. The number of aromatic nitrogens is 1. The number of rotatable bonds is 2. The Hall–Kier alpha value is -2.56. The predicted octanol–water partition coefficient (Wildman–Crippen LogP) is 3.71. The van der Waals surface area contributed by atoms with E-state index >= 15 is 0 Å². The minimum atomic E-state index is -0.311. The summed E-state index contributed by atoms with van der Waals surface area (Å²) in [6, 6.07) is 7.98. The number of halogens is 1. The van der Waals surface area contributed by atoms with Gasteiger partial charge < -0.3 is 14.7 Å². The minimum Gasteiger partial charge on any atom is -0.469 e. The van der Waals surface area contributed by atoms with E-state index in [2.05, 4.69) is 10.3 Å². The van der Waals surface area contributed by atoms with Crippen LogP contribution in [0.5, 0.6) is 0 Å². The molecular weight excluding hydrogens is 283 g/mol. The van der Waals surface area contributed by atoms with Crippen molar-refractivity contribution in [2.75, 3.05) is 0 Å². The van der Waals surface area contributed by atoms with Crippen molar-refractivity contribution in [2.24, 2.45) is 0 Å². The lowest BCUT2D eigenvalue weighted by Gasteiger charge is -2.22. The van der Waals surface area contributed by atoms with Crippen molar-refractivity contribution in [1.82, 2.24) is 10.3 Å². The molecule has 2 aromatic heterocycles. The molecule has 1 atom stereocenters.